The summed E-state index contributed by atoms with van der Waals surface area (Å²) >= 11 is 0. The van der Waals surface area contributed by atoms with Gasteiger partial charge in [-0.25, -0.2) is 4.39 Å². The molecule has 2 rings (SSSR count). The average Bonchev–Trinajstić information content (AvgIpc) is 3.01. The van der Waals surface area contributed by atoms with Crippen molar-refractivity contribution in [3.63, 3.8) is 0 Å². The minimum Gasteiger partial charge on any atom is -0.376 e. The third-order valence-electron chi connectivity index (χ3n) is 4.05. The Morgan fingerprint density at radius 1 is 1.41 bits per heavy atom. The highest BCUT2D eigenvalue weighted by atomic mass is 19.1. The SMILES string of the molecule is CN=C(NCC1CCCO1)NCC(C)(C)c1cccc(F)c1. The largest absolute Gasteiger partial charge is 0.376 e. The quantitative estimate of drug-likeness (QED) is 0.649. The topological polar surface area (TPSA) is 45.7 Å². The van der Waals surface area contributed by atoms with Gasteiger partial charge in [-0.2, -0.15) is 0 Å². The molecular weight excluding hydrogens is 281 g/mol. The summed E-state index contributed by atoms with van der Waals surface area (Å²) in [7, 11) is 1.75. The molecule has 22 heavy (non-hydrogen) atoms. The molecule has 5 heteroatoms. The Morgan fingerprint density at radius 3 is 2.86 bits per heavy atom. The molecule has 0 aromatic heterocycles. The van der Waals surface area contributed by atoms with Crippen LogP contribution in [0, 0.1) is 5.82 Å². The third-order valence-corrected chi connectivity index (χ3v) is 4.05. The highest BCUT2D eigenvalue weighted by Crippen LogP contribution is 2.22. The van der Waals surface area contributed by atoms with Gasteiger partial charge in [0.05, 0.1) is 6.10 Å². The zero-order valence-electron chi connectivity index (χ0n) is 13.7. The molecule has 0 aliphatic carbocycles. The predicted octanol–water partition coefficient (Wildman–Crippen LogP) is 2.45. The number of aliphatic imine (C=N–C) groups is 1. The van der Waals surface area contributed by atoms with Crippen molar-refractivity contribution in [1.82, 2.24) is 10.6 Å². The zero-order valence-corrected chi connectivity index (χ0v) is 13.7. The Balaban J connectivity index is 1.86. The van der Waals surface area contributed by atoms with E-state index >= 15 is 0 Å². The van der Waals surface area contributed by atoms with Gasteiger partial charge in [0.2, 0.25) is 0 Å². The molecule has 1 saturated heterocycles. The number of rotatable bonds is 5. The molecular formula is C17H26FN3O. The van der Waals surface area contributed by atoms with Crippen molar-refractivity contribution in [2.24, 2.45) is 4.99 Å². The molecule has 122 valence electrons. The molecule has 2 N–H and O–H groups in total. The van der Waals surface area contributed by atoms with E-state index in [1.807, 2.05) is 6.07 Å². The highest BCUT2D eigenvalue weighted by molar-refractivity contribution is 5.79. The number of halogens is 1. The van der Waals surface area contributed by atoms with Crippen molar-refractivity contribution in [3.8, 4) is 0 Å². The van der Waals surface area contributed by atoms with Gasteiger partial charge in [0.25, 0.3) is 0 Å². The second kappa shape index (κ2) is 7.58. The Labute approximate surface area is 132 Å². The number of ether oxygens (including phenoxy) is 1. The maximum absolute atomic E-state index is 13.4. The lowest BCUT2D eigenvalue weighted by Gasteiger charge is -2.27. The van der Waals surface area contributed by atoms with Gasteiger partial charge in [0.1, 0.15) is 5.82 Å². The van der Waals surface area contributed by atoms with E-state index in [1.165, 1.54) is 6.07 Å². The summed E-state index contributed by atoms with van der Waals surface area (Å²) in [5, 5.41) is 6.60. The third kappa shape index (κ3) is 4.70. The van der Waals surface area contributed by atoms with Crippen molar-refractivity contribution in [2.45, 2.75) is 38.2 Å². The highest BCUT2D eigenvalue weighted by Gasteiger charge is 2.22. The van der Waals surface area contributed by atoms with Gasteiger partial charge in [-0.05, 0) is 30.5 Å². The van der Waals surface area contributed by atoms with Gasteiger partial charge in [0, 0.05) is 32.2 Å². The molecule has 1 atom stereocenters. The van der Waals surface area contributed by atoms with E-state index in [0.29, 0.717) is 6.54 Å². The number of hydrogen-bond acceptors (Lipinski definition) is 2. The van der Waals surface area contributed by atoms with Crippen molar-refractivity contribution in [3.05, 3.63) is 35.6 Å². The van der Waals surface area contributed by atoms with Crippen molar-refractivity contribution in [2.75, 3.05) is 26.7 Å². The van der Waals surface area contributed by atoms with E-state index in [9.17, 15) is 4.39 Å². The van der Waals surface area contributed by atoms with Gasteiger partial charge in [-0.15, -0.1) is 0 Å². The van der Waals surface area contributed by atoms with Crippen LogP contribution in [0.15, 0.2) is 29.3 Å². The fraction of sp³-hybridized carbons (Fsp3) is 0.588. The van der Waals surface area contributed by atoms with Gasteiger partial charge in [0.15, 0.2) is 5.96 Å². The van der Waals surface area contributed by atoms with E-state index in [4.69, 9.17) is 4.74 Å². The van der Waals surface area contributed by atoms with E-state index in [2.05, 4.69) is 29.5 Å². The minimum absolute atomic E-state index is 0.191. The fourth-order valence-electron chi connectivity index (χ4n) is 2.55. The molecule has 1 aromatic carbocycles. The first-order valence-corrected chi connectivity index (χ1v) is 7.83. The molecule has 1 fully saturated rings. The van der Waals surface area contributed by atoms with E-state index in [1.54, 1.807) is 19.2 Å². The summed E-state index contributed by atoms with van der Waals surface area (Å²) in [5.41, 5.74) is 0.776. The monoisotopic (exact) mass is 307 g/mol. The van der Waals surface area contributed by atoms with Crippen LogP contribution in [-0.2, 0) is 10.2 Å². The number of nitrogens with zero attached hydrogens (tertiary/aromatic N) is 1. The van der Waals surface area contributed by atoms with Gasteiger partial charge in [-0.1, -0.05) is 26.0 Å². The molecule has 0 bridgehead atoms. The summed E-state index contributed by atoms with van der Waals surface area (Å²) in [5.74, 6) is 0.548. The lowest BCUT2D eigenvalue weighted by molar-refractivity contribution is 0.114. The van der Waals surface area contributed by atoms with Gasteiger partial charge < -0.3 is 15.4 Å². The molecule has 4 nitrogen and oxygen atoms in total. The summed E-state index contributed by atoms with van der Waals surface area (Å²) in [6, 6.07) is 6.75. The zero-order chi connectivity index (χ0) is 16.0. The molecule has 1 aromatic rings. The fourth-order valence-corrected chi connectivity index (χ4v) is 2.55. The number of hydrogen-bond donors (Lipinski definition) is 2. The smallest absolute Gasteiger partial charge is 0.191 e. The second-order valence-electron chi connectivity index (χ2n) is 6.34. The average molecular weight is 307 g/mol. The van der Waals surface area contributed by atoms with E-state index in [-0.39, 0.29) is 17.3 Å². The number of nitrogens with one attached hydrogen (secondary N) is 2. The Bertz CT molecular complexity index is 510. The molecule has 0 radical (unpaired) electrons. The minimum atomic E-state index is -0.202. The maximum Gasteiger partial charge on any atom is 0.191 e. The maximum atomic E-state index is 13.4. The van der Waals surface area contributed by atoms with Crippen LogP contribution in [0.5, 0.6) is 0 Å². The van der Waals surface area contributed by atoms with Crippen molar-refractivity contribution >= 4 is 5.96 Å². The predicted molar refractivity (Wildman–Crippen MR) is 87.8 cm³/mol. The summed E-state index contributed by atoms with van der Waals surface area (Å²) in [6.07, 6.45) is 2.50. The molecule has 1 heterocycles. The van der Waals surface area contributed by atoms with E-state index in [0.717, 1.165) is 37.5 Å². The Morgan fingerprint density at radius 2 is 2.23 bits per heavy atom. The normalized spacial score (nSPS) is 19.3. The molecule has 0 amide bonds. The summed E-state index contributed by atoms with van der Waals surface area (Å²) < 4.78 is 19.0. The van der Waals surface area contributed by atoms with Crippen molar-refractivity contribution in [1.29, 1.82) is 0 Å². The van der Waals surface area contributed by atoms with Crippen LogP contribution in [0.3, 0.4) is 0 Å². The molecule has 1 aliphatic heterocycles. The molecule has 1 aliphatic rings. The van der Waals surface area contributed by atoms with E-state index < -0.39 is 0 Å². The molecule has 0 saturated carbocycles. The van der Waals surface area contributed by atoms with Gasteiger partial charge in [-0.3, -0.25) is 4.99 Å². The standard InChI is InChI=1S/C17H26FN3O/c1-17(2,13-6-4-7-14(18)10-13)12-21-16(19-3)20-11-15-8-5-9-22-15/h4,6-7,10,15H,5,8-9,11-12H2,1-3H3,(H2,19,20,21). The molecule has 1 unspecified atom stereocenters. The van der Waals surface area contributed by atoms with Gasteiger partial charge >= 0.3 is 0 Å². The first-order chi connectivity index (χ1) is 10.5. The first kappa shape index (κ1) is 16.7. The first-order valence-electron chi connectivity index (χ1n) is 7.83. The van der Waals surface area contributed by atoms with Crippen LogP contribution < -0.4 is 10.6 Å². The lowest BCUT2D eigenvalue weighted by Crippen LogP contribution is -2.45. The van der Waals surface area contributed by atoms with Crippen LogP contribution in [0.4, 0.5) is 4.39 Å². The van der Waals surface area contributed by atoms with Crippen molar-refractivity contribution < 1.29 is 9.13 Å². The van der Waals surface area contributed by atoms with Crippen LogP contribution in [-0.4, -0.2) is 38.8 Å². The summed E-state index contributed by atoms with van der Waals surface area (Å²) in [4.78, 5) is 4.23. The molecule has 0 spiro atoms. The van der Waals surface area contributed by atoms with Crippen LogP contribution in [0.2, 0.25) is 0 Å². The lowest BCUT2D eigenvalue weighted by atomic mass is 9.84. The van der Waals surface area contributed by atoms with Crippen LogP contribution >= 0.6 is 0 Å². The Kier molecular flexibility index (Phi) is 5.77. The van der Waals surface area contributed by atoms with Crippen LogP contribution in [0.25, 0.3) is 0 Å². The summed E-state index contributed by atoms with van der Waals surface area (Å²) in [6.45, 7) is 6.46. The number of benzene rings is 1. The Hall–Kier alpha value is -1.62. The number of guanidine groups is 1. The van der Waals surface area contributed by atoms with Crippen LogP contribution in [0.1, 0.15) is 32.3 Å². The second-order valence-corrected chi connectivity index (χ2v) is 6.34.